The molecule has 0 spiro atoms. The molecule has 1 heterocycles. The van der Waals surface area contributed by atoms with Gasteiger partial charge in [0.25, 0.3) is 0 Å². The van der Waals surface area contributed by atoms with E-state index in [0.717, 1.165) is 37.7 Å². The van der Waals surface area contributed by atoms with E-state index in [1.807, 2.05) is 19.4 Å². The van der Waals surface area contributed by atoms with Crippen LogP contribution in [0.4, 0.5) is 0 Å². The summed E-state index contributed by atoms with van der Waals surface area (Å²) < 4.78 is 7.33. The largest absolute Gasteiger partial charge is 0.370 e. The van der Waals surface area contributed by atoms with Crippen LogP contribution >= 0.6 is 0 Å². The maximum atomic E-state index is 12.4. The molecule has 0 atom stereocenters. The summed E-state index contributed by atoms with van der Waals surface area (Å²) in [5.74, 6) is 0.258. The van der Waals surface area contributed by atoms with Crippen molar-refractivity contribution in [1.82, 2.24) is 9.78 Å². The molecule has 100 valence electrons. The molecule has 1 aromatic heterocycles. The third kappa shape index (κ3) is 2.80. The predicted octanol–water partition coefficient (Wildman–Crippen LogP) is 2.27. The number of ketones is 1. The number of hydrogen-bond donors (Lipinski definition) is 0. The van der Waals surface area contributed by atoms with Crippen LogP contribution in [-0.2, 0) is 23.0 Å². The van der Waals surface area contributed by atoms with E-state index in [0.29, 0.717) is 6.42 Å². The van der Waals surface area contributed by atoms with Crippen LogP contribution in [0.25, 0.3) is 0 Å². The summed E-state index contributed by atoms with van der Waals surface area (Å²) >= 11 is 0. The van der Waals surface area contributed by atoms with Gasteiger partial charge >= 0.3 is 0 Å². The Balaban J connectivity index is 1.93. The van der Waals surface area contributed by atoms with Gasteiger partial charge in [-0.3, -0.25) is 9.48 Å². The van der Waals surface area contributed by atoms with Gasteiger partial charge in [-0.15, -0.1) is 0 Å². The summed E-state index contributed by atoms with van der Waals surface area (Å²) in [5, 5.41) is 4.12. The number of rotatable bonds is 5. The summed E-state index contributed by atoms with van der Waals surface area (Å²) in [4.78, 5) is 12.4. The molecule has 0 N–H and O–H groups in total. The van der Waals surface area contributed by atoms with E-state index in [4.69, 9.17) is 4.74 Å². The van der Waals surface area contributed by atoms with Crippen LogP contribution < -0.4 is 0 Å². The normalized spacial score (nSPS) is 18.8. The highest BCUT2D eigenvalue weighted by atomic mass is 16.5. The number of aromatic nitrogens is 2. The molecule has 1 aliphatic carbocycles. The maximum absolute atomic E-state index is 12.4. The molecule has 4 heteroatoms. The quantitative estimate of drug-likeness (QED) is 0.805. The zero-order valence-corrected chi connectivity index (χ0v) is 11.3. The Hall–Kier alpha value is -1.16. The van der Waals surface area contributed by atoms with E-state index in [9.17, 15) is 4.79 Å². The van der Waals surface area contributed by atoms with Crippen molar-refractivity contribution in [3.63, 3.8) is 0 Å². The maximum Gasteiger partial charge on any atom is 0.164 e. The minimum Gasteiger partial charge on any atom is -0.370 e. The van der Waals surface area contributed by atoms with Gasteiger partial charge in [0.2, 0.25) is 0 Å². The van der Waals surface area contributed by atoms with E-state index in [-0.39, 0.29) is 5.78 Å². The molecule has 1 aromatic rings. The highest BCUT2D eigenvalue weighted by molar-refractivity contribution is 5.87. The third-order valence-corrected chi connectivity index (χ3v) is 3.96. The van der Waals surface area contributed by atoms with Gasteiger partial charge in [-0.2, -0.15) is 5.10 Å². The molecule has 0 aromatic carbocycles. The minimum absolute atomic E-state index is 0.258. The Morgan fingerprint density at radius 3 is 2.72 bits per heavy atom. The highest BCUT2D eigenvalue weighted by Crippen LogP contribution is 2.33. The summed E-state index contributed by atoms with van der Waals surface area (Å²) in [6.45, 7) is 0. The minimum atomic E-state index is -0.500. The highest BCUT2D eigenvalue weighted by Gasteiger charge is 2.38. The fraction of sp³-hybridized carbons (Fsp3) is 0.714. The Morgan fingerprint density at radius 2 is 2.17 bits per heavy atom. The lowest BCUT2D eigenvalue weighted by Crippen LogP contribution is -2.42. The molecule has 1 fully saturated rings. The lowest BCUT2D eigenvalue weighted by Gasteiger charge is -2.34. The lowest BCUT2D eigenvalue weighted by atomic mass is 9.80. The Bertz CT molecular complexity index is 406. The van der Waals surface area contributed by atoms with Crippen molar-refractivity contribution in [3.8, 4) is 0 Å². The number of nitrogens with zero attached hydrogens (tertiary/aromatic N) is 2. The Kier molecular flexibility index (Phi) is 4.17. The molecule has 1 saturated carbocycles. The van der Waals surface area contributed by atoms with E-state index < -0.39 is 5.60 Å². The van der Waals surface area contributed by atoms with Gasteiger partial charge in [0.1, 0.15) is 5.60 Å². The number of hydrogen-bond acceptors (Lipinski definition) is 3. The van der Waals surface area contributed by atoms with Gasteiger partial charge in [0, 0.05) is 26.8 Å². The molecule has 0 bridgehead atoms. The molecule has 0 amide bonds. The van der Waals surface area contributed by atoms with Crippen molar-refractivity contribution in [2.24, 2.45) is 7.05 Å². The standard InChI is InChI=1S/C14H22N2O2/c1-16-11-12(10-15-16)6-7-13(17)14(18-2)8-4-3-5-9-14/h10-11H,3-9H2,1-2H3. The smallest absolute Gasteiger partial charge is 0.164 e. The topological polar surface area (TPSA) is 44.1 Å². The number of carbonyl (C=O) groups excluding carboxylic acids is 1. The third-order valence-electron chi connectivity index (χ3n) is 3.96. The molecule has 0 aliphatic heterocycles. The van der Waals surface area contributed by atoms with Crippen molar-refractivity contribution < 1.29 is 9.53 Å². The molecule has 0 unspecified atom stereocenters. The van der Waals surface area contributed by atoms with Crippen molar-refractivity contribution in [2.75, 3.05) is 7.11 Å². The number of methoxy groups -OCH3 is 1. The zero-order chi connectivity index (χ0) is 13.0. The first kappa shape index (κ1) is 13.3. The summed E-state index contributed by atoms with van der Waals surface area (Å²) in [6, 6.07) is 0. The van der Waals surface area contributed by atoms with Crippen LogP contribution in [0, 0.1) is 0 Å². The van der Waals surface area contributed by atoms with Crippen molar-refractivity contribution in [3.05, 3.63) is 18.0 Å². The number of Topliss-reactive ketones (excluding diaryl/α,β-unsaturated/α-hetero) is 1. The number of carbonyl (C=O) groups is 1. The van der Waals surface area contributed by atoms with Gasteiger partial charge in [0.05, 0.1) is 6.20 Å². The SMILES string of the molecule is COC1(C(=O)CCc2cnn(C)c2)CCCCC1. The van der Waals surface area contributed by atoms with Crippen LogP contribution in [-0.4, -0.2) is 28.3 Å². The summed E-state index contributed by atoms with van der Waals surface area (Å²) in [7, 11) is 3.57. The molecule has 0 radical (unpaired) electrons. The van der Waals surface area contributed by atoms with Gasteiger partial charge in [-0.05, 0) is 24.8 Å². The average molecular weight is 250 g/mol. The number of aryl methyl sites for hydroxylation is 2. The second-order valence-electron chi connectivity index (χ2n) is 5.20. The van der Waals surface area contributed by atoms with Crippen LogP contribution in [0.3, 0.4) is 0 Å². The van der Waals surface area contributed by atoms with E-state index in [1.165, 1.54) is 6.42 Å². The van der Waals surface area contributed by atoms with Gasteiger partial charge in [-0.25, -0.2) is 0 Å². The summed E-state index contributed by atoms with van der Waals surface area (Å²) in [5.41, 5.74) is 0.619. The first-order valence-electron chi connectivity index (χ1n) is 6.72. The van der Waals surface area contributed by atoms with Gasteiger partial charge in [0.15, 0.2) is 5.78 Å². The summed E-state index contributed by atoms with van der Waals surface area (Å²) in [6.07, 6.45) is 10.3. The first-order chi connectivity index (χ1) is 8.66. The van der Waals surface area contributed by atoms with Crippen LogP contribution in [0.5, 0.6) is 0 Å². The second kappa shape index (κ2) is 5.65. The zero-order valence-electron chi connectivity index (χ0n) is 11.3. The van der Waals surface area contributed by atoms with Crippen molar-refractivity contribution >= 4 is 5.78 Å². The predicted molar refractivity (Wildman–Crippen MR) is 69.4 cm³/mol. The molecule has 2 rings (SSSR count). The molecule has 0 saturated heterocycles. The Morgan fingerprint density at radius 1 is 1.44 bits per heavy atom. The van der Waals surface area contributed by atoms with E-state index in [2.05, 4.69) is 5.10 Å². The fourth-order valence-corrected chi connectivity index (χ4v) is 2.81. The molecular weight excluding hydrogens is 228 g/mol. The van der Waals surface area contributed by atoms with Crippen LogP contribution in [0.1, 0.15) is 44.1 Å². The van der Waals surface area contributed by atoms with E-state index in [1.54, 1.807) is 11.8 Å². The van der Waals surface area contributed by atoms with Crippen LogP contribution in [0.2, 0.25) is 0 Å². The number of ether oxygens (including phenoxy) is 1. The fourth-order valence-electron chi connectivity index (χ4n) is 2.81. The second-order valence-corrected chi connectivity index (χ2v) is 5.20. The molecule has 18 heavy (non-hydrogen) atoms. The first-order valence-corrected chi connectivity index (χ1v) is 6.72. The average Bonchev–Trinajstić information content (AvgIpc) is 2.82. The van der Waals surface area contributed by atoms with Gasteiger partial charge < -0.3 is 4.74 Å². The van der Waals surface area contributed by atoms with Crippen molar-refractivity contribution in [1.29, 1.82) is 0 Å². The van der Waals surface area contributed by atoms with E-state index >= 15 is 0 Å². The monoisotopic (exact) mass is 250 g/mol. The van der Waals surface area contributed by atoms with Gasteiger partial charge in [-0.1, -0.05) is 19.3 Å². The van der Waals surface area contributed by atoms with Crippen LogP contribution in [0.15, 0.2) is 12.4 Å². The molecule has 1 aliphatic rings. The molecular formula is C14H22N2O2. The lowest BCUT2D eigenvalue weighted by molar-refractivity contribution is -0.145. The molecule has 4 nitrogen and oxygen atoms in total. The van der Waals surface area contributed by atoms with Crippen molar-refractivity contribution in [2.45, 2.75) is 50.5 Å². The Labute approximate surface area is 108 Å².